The van der Waals surface area contributed by atoms with Crippen LogP contribution in [0, 0.1) is 6.92 Å². The molecule has 2 saturated heterocycles. The van der Waals surface area contributed by atoms with Gasteiger partial charge in [-0.3, -0.25) is 14.4 Å². The molecule has 1 aromatic rings. The minimum atomic E-state index is -0.700. The molecule has 2 N–H and O–H groups in total. The number of hydrogen-bond acceptors (Lipinski definition) is 4. The molecule has 0 unspecified atom stereocenters. The molecule has 2 aliphatic heterocycles. The van der Waals surface area contributed by atoms with E-state index in [9.17, 15) is 9.59 Å². The van der Waals surface area contributed by atoms with Crippen LogP contribution in [0.25, 0.3) is 0 Å². The van der Waals surface area contributed by atoms with Crippen LogP contribution in [0.3, 0.4) is 0 Å². The van der Waals surface area contributed by atoms with Crippen molar-refractivity contribution < 1.29 is 9.59 Å². The maximum atomic E-state index is 12.7. The van der Waals surface area contributed by atoms with E-state index in [0.717, 1.165) is 31.0 Å². The molecule has 3 heterocycles. The van der Waals surface area contributed by atoms with Crippen molar-refractivity contribution in [2.75, 3.05) is 13.1 Å². The van der Waals surface area contributed by atoms with E-state index < -0.39 is 5.54 Å². The lowest BCUT2D eigenvalue weighted by Gasteiger charge is -2.31. The minimum Gasteiger partial charge on any atom is -0.323 e. The zero-order valence-corrected chi connectivity index (χ0v) is 12.5. The average molecular weight is 291 g/mol. The Balaban J connectivity index is 1.82. The van der Waals surface area contributed by atoms with Crippen molar-refractivity contribution in [3.8, 4) is 0 Å². The lowest BCUT2D eigenvalue weighted by atomic mass is 9.88. The summed E-state index contributed by atoms with van der Waals surface area (Å²) in [7, 11) is 0. The summed E-state index contributed by atoms with van der Waals surface area (Å²) in [4.78, 5) is 26.2. The SMILES string of the molecule is CCn1nc(C)cc1CN1C(=O)NC2(CCNCC2)C1=O. The summed E-state index contributed by atoms with van der Waals surface area (Å²) in [5.74, 6) is -0.101. The molecule has 2 fully saturated rings. The molecular weight excluding hydrogens is 270 g/mol. The molecule has 7 nitrogen and oxygen atoms in total. The number of carbonyl (C=O) groups is 2. The summed E-state index contributed by atoms with van der Waals surface area (Å²) in [5, 5.41) is 10.5. The normalized spacial score (nSPS) is 21.1. The van der Waals surface area contributed by atoms with Gasteiger partial charge in [0.15, 0.2) is 0 Å². The van der Waals surface area contributed by atoms with Crippen LogP contribution in [0.15, 0.2) is 6.07 Å². The highest BCUT2D eigenvalue weighted by Crippen LogP contribution is 2.28. The molecule has 3 amide bonds. The Morgan fingerprint density at radius 3 is 2.71 bits per heavy atom. The van der Waals surface area contributed by atoms with Crippen LogP contribution in [0.5, 0.6) is 0 Å². The fraction of sp³-hybridized carbons (Fsp3) is 0.643. The van der Waals surface area contributed by atoms with Gasteiger partial charge in [0.2, 0.25) is 0 Å². The number of urea groups is 1. The molecule has 21 heavy (non-hydrogen) atoms. The molecule has 2 aliphatic rings. The second kappa shape index (κ2) is 5.14. The molecule has 0 saturated carbocycles. The highest BCUT2D eigenvalue weighted by molar-refractivity contribution is 6.07. The van der Waals surface area contributed by atoms with Crippen LogP contribution in [-0.4, -0.2) is 45.2 Å². The molecule has 3 rings (SSSR count). The molecule has 0 atom stereocenters. The van der Waals surface area contributed by atoms with Crippen LogP contribution >= 0.6 is 0 Å². The van der Waals surface area contributed by atoms with Crippen molar-refractivity contribution >= 4 is 11.9 Å². The third-order valence-corrected chi connectivity index (χ3v) is 4.31. The van der Waals surface area contributed by atoms with E-state index in [1.165, 1.54) is 4.90 Å². The first kappa shape index (κ1) is 14.1. The van der Waals surface area contributed by atoms with Gasteiger partial charge in [0.05, 0.1) is 17.9 Å². The summed E-state index contributed by atoms with van der Waals surface area (Å²) in [5.41, 5.74) is 1.09. The topological polar surface area (TPSA) is 79.3 Å². The van der Waals surface area contributed by atoms with Crippen LogP contribution in [0.4, 0.5) is 4.79 Å². The molecule has 0 aliphatic carbocycles. The molecule has 1 aromatic heterocycles. The van der Waals surface area contributed by atoms with Crippen LogP contribution in [0.2, 0.25) is 0 Å². The Labute approximate surface area is 123 Å². The van der Waals surface area contributed by atoms with Gasteiger partial charge in [-0.25, -0.2) is 4.79 Å². The van der Waals surface area contributed by atoms with Crippen molar-refractivity contribution in [1.82, 2.24) is 25.3 Å². The van der Waals surface area contributed by atoms with Crippen molar-refractivity contribution in [2.45, 2.75) is 45.3 Å². The number of piperidine rings is 1. The van der Waals surface area contributed by atoms with Crippen LogP contribution in [-0.2, 0) is 17.9 Å². The van der Waals surface area contributed by atoms with Crippen molar-refractivity contribution in [3.63, 3.8) is 0 Å². The number of amides is 3. The summed E-state index contributed by atoms with van der Waals surface area (Å²) >= 11 is 0. The van der Waals surface area contributed by atoms with Crippen LogP contribution in [0.1, 0.15) is 31.2 Å². The summed E-state index contributed by atoms with van der Waals surface area (Å²) in [6.07, 6.45) is 1.31. The zero-order valence-electron chi connectivity index (χ0n) is 12.5. The Morgan fingerprint density at radius 1 is 1.33 bits per heavy atom. The Kier molecular flexibility index (Phi) is 3.44. The van der Waals surface area contributed by atoms with Crippen LogP contribution < -0.4 is 10.6 Å². The smallest absolute Gasteiger partial charge is 0.323 e. The van der Waals surface area contributed by atoms with E-state index in [1.54, 1.807) is 0 Å². The lowest BCUT2D eigenvalue weighted by Crippen LogP contribution is -2.53. The predicted octanol–water partition coefficient (Wildman–Crippen LogP) is 0.385. The zero-order chi connectivity index (χ0) is 15.0. The van der Waals surface area contributed by atoms with Crippen molar-refractivity contribution in [3.05, 3.63) is 17.5 Å². The third-order valence-electron chi connectivity index (χ3n) is 4.31. The first-order valence-corrected chi connectivity index (χ1v) is 7.44. The van der Waals surface area contributed by atoms with Gasteiger partial charge in [-0.2, -0.15) is 5.10 Å². The molecular formula is C14H21N5O2. The second-order valence-electron chi connectivity index (χ2n) is 5.75. The molecule has 1 spiro atoms. The van der Waals surface area contributed by atoms with Crippen molar-refractivity contribution in [1.29, 1.82) is 0 Å². The number of aryl methyl sites for hydroxylation is 2. The van der Waals surface area contributed by atoms with E-state index in [-0.39, 0.29) is 18.5 Å². The number of nitrogens with one attached hydrogen (secondary N) is 2. The number of carbonyl (C=O) groups excluding carboxylic acids is 2. The lowest BCUT2D eigenvalue weighted by molar-refractivity contribution is -0.132. The monoisotopic (exact) mass is 291 g/mol. The van der Waals surface area contributed by atoms with Crippen molar-refractivity contribution in [2.24, 2.45) is 0 Å². The Hall–Kier alpha value is -1.89. The Morgan fingerprint density at radius 2 is 2.05 bits per heavy atom. The number of imide groups is 1. The third kappa shape index (κ3) is 2.31. The summed E-state index contributed by atoms with van der Waals surface area (Å²) < 4.78 is 1.84. The van der Waals surface area contributed by atoms with E-state index in [1.807, 2.05) is 24.6 Å². The number of rotatable bonds is 3. The second-order valence-corrected chi connectivity index (χ2v) is 5.75. The highest BCUT2D eigenvalue weighted by Gasteiger charge is 2.51. The number of aromatic nitrogens is 2. The van der Waals surface area contributed by atoms with Gasteiger partial charge in [-0.1, -0.05) is 0 Å². The number of hydrogen-bond donors (Lipinski definition) is 2. The largest absolute Gasteiger partial charge is 0.325 e. The van der Waals surface area contributed by atoms with Gasteiger partial charge in [0.25, 0.3) is 5.91 Å². The molecule has 0 radical (unpaired) electrons. The first-order chi connectivity index (χ1) is 10.1. The minimum absolute atomic E-state index is 0.101. The Bertz CT molecular complexity index is 574. The fourth-order valence-corrected chi connectivity index (χ4v) is 3.17. The number of nitrogens with zero attached hydrogens (tertiary/aromatic N) is 3. The maximum Gasteiger partial charge on any atom is 0.325 e. The quantitative estimate of drug-likeness (QED) is 0.789. The van der Waals surface area contributed by atoms with E-state index in [2.05, 4.69) is 15.7 Å². The molecule has 0 aromatic carbocycles. The standard InChI is InChI=1S/C14H21N5O2/c1-3-19-11(8-10(2)17-19)9-18-12(20)14(16-13(18)21)4-6-15-7-5-14/h8,15H,3-7,9H2,1-2H3,(H,16,21). The van der Waals surface area contributed by atoms with Gasteiger partial charge in [0, 0.05) is 6.54 Å². The summed E-state index contributed by atoms with van der Waals surface area (Å²) in [6, 6.07) is 1.64. The van der Waals surface area contributed by atoms with Gasteiger partial charge in [0.1, 0.15) is 5.54 Å². The molecule has 7 heteroatoms. The maximum absolute atomic E-state index is 12.7. The fourth-order valence-electron chi connectivity index (χ4n) is 3.17. The van der Waals surface area contributed by atoms with Gasteiger partial charge >= 0.3 is 6.03 Å². The van der Waals surface area contributed by atoms with Gasteiger partial charge < -0.3 is 10.6 Å². The summed E-state index contributed by atoms with van der Waals surface area (Å²) in [6.45, 7) is 6.43. The highest BCUT2D eigenvalue weighted by atomic mass is 16.2. The molecule has 0 bridgehead atoms. The van der Waals surface area contributed by atoms with Gasteiger partial charge in [-0.05, 0) is 45.8 Å². The first-order valence-electron chi connectivity index (χ1n) is 7.44. The average Bonchev–Trinajstić information content (AvgIpc) is 2.93. The van der Waals surface area contributed by atoms with Gasteiger partial charge in [-0.15, -0.1) is 0 Å². The van der Waals surface area contributed by atoms with E-state index in [0.29, 0.717) is 12.8 Å². The molecule has 114 valence electrons. The predicted molar refractivity (Wildman–Crippen MR) is 76.6 cm³/mol. The van der Waals surface area contributed by atoms with E-state index >= 15 is 0 Å². The van der Waals surface area contributed by atoms with E-state index in [4.69, 9.17) is 0 Å².